The summed E-state index contributed by atoms with van der Waals surface area (Å²) in [7, 11) is 0. The summed E-state index contributed by atoms with van der Waals surface area (Å²) in [5, 5.41) is 7.24. The molecule has 5 nitrogen and oxygen atoms in total. The maximum atomic E-state index is 12.3. The molecule has 2 N–H and O–H groups in total. The number of nitrogens with one attached hydrogen (secondary N) is 2. The molecule has 1 aromatic rings. The molecular weight excluding hydrogens is 300 g/mol. The number of rotatable bonds is 2. The van der Waals surface area contributed by atoms with Gasteiger partial charge in [0.25, 0.3) is 0 Å². The van der Waals surface area contributed by atoms with Crippen LogP contribution in [-0.2, 0) is 0 Å². The number of hydrogen-bond donors (Lipinski definition) is 2. The molecule has 2 heterocycles. The van der Waals surface area contributed by atoms with Gasteiger partial charge < -0.3 is 20.4 Å². The summed E-state index contributed by atoms with van der Waals surface area (Å²) in [5.74, 6) is 0. The van der Waals surface area contributed by atoms with Gasteiger partial charge in [-0.3, -0.25) is 0 Å². The fourth-order valence-electron chi connectivity index (χ4n) is 3.09. The quantitative estimate of drug-likeness (QED) is 0.874. The van der Waals surface area contributed by atoms with E-state index in [1.54, 1.807) is 0 Å². The van der Waals surface area contributed by atoms with E-state index in [0.29, 0.717) is 6.04 Å². The Hall–Kier alpha value is -1.46. The predicted octanol–water partition coefficient (Wildman–Crippen LogP) is 1.92. The van der Waals surface area contributed by atoms with Crippen LogP contribution in [0.1, 0.15) is 12.8 Å². The molecule has 2 aliphatic heterocycles. The van der Waals surface area contributed by atoms with Crippen molar-refractivity contribution in [3.63, 3.8) is 0 Å². The van der Waals surface area contributed by atoms with Crippen molar-refractivity contribution in [3.05, 3.63) is 29.3 Å². The lowest BCUT2D eigenvalue weighted by Crippen LogP contribution is -2.54. The molecule has 0 bridgehead atoms. The normalized spacial score (nSPS) is 20.0. The van der Waals surface area contributed by atoms with Gasteiger partial charge in [0.1, 0.15) is 0 Å². The van der Waals surface area contributed by atoms with Crippen molar-refractivity contribution >= 4 is 23.3 Å². The maximum Gasteiger partial charge on any atom is 0.317 e. The van der Waals surface area contributed by atoms with Crippen LogP contribution in [0.4, 0.5) is 10.5 Å². The van der Waals surface area contributed by atoms with Gasteiger partial charge in [0, 0.05) is 32.2 Å². The third-order valence-electron chi connectivity index (χ3n) is 4.43. The lowest BCUT2D eigenvalue weighted by molar-refractivity contribution is 0.187. The molecule has 120 valence electrons. The number of halogens is 1. The second-order valence-electron chi connectivity index (χ2n) is 5.90. The predicted molar refractivity (Wildman–Crippen MR) is 89.7 cm³/mol. The van der Waals surface area contributed by atoms with Gasteiger partial charge in [-0.15, -0.1) is 0 Å². The average Bonchev–Trinajstić information content (AvgIpc) is 2.56. The molecule has 0 unspecified atom stereocenters. The first-order valence-electron chi connectivity index (χ1n) is 7.99. The summed E-state index contributed by atoms with van der Waals surface area (Å²) in [6.45, 7) is 5.10. The number of anilines is 1. The monoisotopic (exact) mass is 322 g/mol. The van der Waals surface area contributed by atoms with Crippen LogP contribution >= 0.6 is 11.6 Å². The van der Waals surface area contributed by atoms with Crippen molar-refractivity contribution < 1.29 is 4.79 Å². The van der Waals surface area contributed by atoms with Crippen molar-refractivity contribution in [2.75, 3.05) is 44.2 Å². The molecule has 0 saturated carbocycles. The molecule has 2 aliphatic rings. The minimum atomic E-state index is 0.0747. The first-order valence-corrected chi connectivity index (χ1v) is 8.37. The van der Waals surface area contributed by atoms with E-state index in [4.69, 9.17) is 11.6 Å². The maximum absolute atomic E-state index is 12.3. The summed E-state index contributed by atoms with van der Waals surface area (Å²) in [6, 6.07) is 8.27. The van der Waals surface area contributed by atoms with Gasteiger partial charge >= 0.3 is 6.03 Å². The number of amides is 2. The highest BCUT2D eigenvalue weighted by atomic mass is 35.5. The van der Waals surface area contributed by atoms with Gasteiger partial charge in [0.05, 0.1) is 10.7 Å². The number of carbonyl (C=O) groups is 1. The lowest BCUT2D eigenvalue weighted by atomic mass is 10.1. The molecule has 0 spiro atoms. The third kappa shape index (κ3) is 3.65. The number of carbonyl (C=O) groups excluding carboxylic acids is 1. The molecule has 0 aromatic heterocycles. The molecule has 2 amide bonds. The summed E-state index contributed by atoms with van der Waals surface area (Å²) in [5.41, 5.74) is 1.06. The first kappa shape index (κ1) is 15.4. The summed E-state index contributed by atoms with van der Waals surface area (Å²) in [4.78, 5) is 16.5. The van der Waals surface area contributed by atoms with Gasteiger partial charge in [-0.2, -0.15) is 0 Å². The SMILES string of the molecule is O=C(NC1CCNCC1)N1CCN(c2ccccc2Cl)CC1. The molecule has 2 fully saturated rings. The van der Waals surface area contributed by atoms with E-state index in [1.807, 2.05) is 29.2 Å². The van der Waals surface area contributed by atoms with Crippen molar-refractivity contribution in [2.45, 2.75) is 18.9 Å². The lowest BCUT2D eigenvalue weighted by Gasteiger charge is -2.37. The van der Waals surface area contributed by atoms with Crippen LogP contribution < -0.4 is 15.5 Å². The number of urea groups is 1. The highest BCUT2D eigenvalue weighted by molar-refractivity contribution is 6.33. The minimum Gasteiger partial charge on any atom is -0.367 e. The van der Waals surface area contributed by atoms with Gasteiger partial charge in [-0.25, -0.2) is 4.79 Å². The first-order chi connectivity index (χ1) is 10.7. The van der Waals surface area contributed by atoms with E-state index >= 15 is 0 Å². The van der Waals surface area contributed by atoms with Crippen LogP contribution in [0.25, 0.3) is 0 Å². The Morgan fingerprint density at radius 3 is 2.50 bits per heavy atom. The summed E-state index contributed by atoms with van der Waals surface area (Å²) >= 11 is 6.24. The Morgan fingerprint density at radius 1 is 1.14 bits per heavy atom. The highest BCUT2D eigenvalue weighted by Crippen LogP contribution is 2.26. The van der Waals surface area contributed by atoms with Gasteiger partial charge in [0.15, 0.2) is 0 Å². The Bertz CT molecular complexity index is 511. The van der Waals surface area contributed by atoms with E-state index in [2.05, 4.69) is 15.5 Å². The Kier molecular flexibility index (Phi) is 5.05. The topological polar surface area (TPSA) is 47.6 Å². The fourth-order valence-corrected chi connectivity index (χ4v) is 3.35. The number of nitrogens with zero attached hydrogens (tertiary/aromatic N) is 2. The van der Waals surface area contributed by atoms with E-state index < -0.39 is 0 Å². The van der Waals surface area contributed by atoms with Crippen molar-refractivity contribution in [1.82, 2.24) is 15.5 Å². The Labute approximate surface area is 136 Å². The molecule has 1 aromatic carbocycles. The highest BCUT2D eigenvalue weighted by Gasteiger charge is 2.24. The Morgan fingerprint density at radius 2 is 1.82 bits per heavy atom. The average molecular weight is 323 g/mol. The van der Waals surface area contributed by atoms with Crippen LogP contribution in [0, 0.1) is 0 Å². The molecule has 2 saturated heterocycles. The van der Waals surface area contributed by atoms with Crippen LogP contribution in [-0.4, -0.2) is 56.2 Å². The van der Waals surface area contributed by atoms with Crippen molar-refractivity contribution in [3.8, 4) is 0 Å². The second kappa shape index (κ2) is 7.20. The number of hydrogen-bond acceptors (Lipinski definition) is 3. The molecule has 22 heavy (non-hydrogen) atoms. The van der Waals surface area contributed by atoms with Gasteiger partial charge in [-0.1, -0.05) is 23.7 Å². The van der Waals surface area contributed by atoms with Crippen LogP contribution in [0.5, 0.6) is 0 Å². The van der Waals surface area contributed by atoms with E-state index in [1.165, 1.54) is 0 Å². The van der Waals surface area contributed by atoms with Crippen molar-refractivity contribution in [2.24, 2.45) is 0 Å². The molecular formula is C16H23ClN4O. The molecule has 0 atom stereocenters. The standard InChI is InChI=1S/C16H23ClN4O/c17-14-3-1-2-4-15(14)20-9-11-21(12-10-20)16(22)19-13-5-7-18-8-6-13/h1-4,13,18H,5-12H2,(H,19,22). The smallest absolute Gasteiger partial charge is 0.317 e. The zero-order chi connectivity index (χ0) is 15.4. The molecule has 0 aliphatic carbocycles. The third-order valence-corrected chi connectivity index (χ3v) is 4.75. The molecule has 3 rings (SSSR count). The largest absolute Gasteiger partial charge is 0.367 e. The van der Waals surface area contributed by atoms with E-state index in [-0.39, 0.29) is 6.03 Å². The van der Waals surface area contributed by atoms with Crippen LogP contribution in [0.3, 0.4) is 0 Å². The van der Waals surface area contributed by atoms with Gasteiger partial charge in [-0.05, 0) is 38.1 Å². The van der Waals surface area contributed by atoms with Crippen molar-refractivity contribution in [1.29, 1.82) is 0 Å². The molecule has 0 radical (unpaired) electrons. The van der Waals surface area contributed by atoms with E-state index in [9.17, 15) is 4.79 Å². The van der Waals surface area contributed by atoms with Gasteiger partial charge in [0.2, 0.25) is 0 Å². The fraction of sp³-hybridized carbons (Fsp3) is 0.562. The molecule has 6 heteroatoms. The van der Waals surface area contributed by atoms with Crippen LogP contribution in [0.2, 0.25) is 5.02 Å². The minimum absolute atomic E-state index is 0.0747. The number of piperidine rings is 1. The second-order valence-corrected chi connectivity index (χ2v) is 6.31. The zero-order valence-electron chi connectivity index (χ0n) is 12.7. The van der Waals surface area contributed by atoms with Crippen LogP contribution in [0.15, 0.2) is 24.3 Å². The summed E-state index contributed by atoms with van der Waals surface area (Å²) in [6.07, 6.45) is 2.04. The number of benzene rings is 1. The number of para-hydroxylation sites is 1. The van der Waals surface area contributed by atoms with E-state index in [0.717, 1.165) is 62.8 Å². The summed E-state index contributed by atoms with van der Waals surface area (Å²) < 4.78 is 0. The Balaban J connectivity index is 1.51. The number of piperazine rings is 1. The zero-order valence-corrected chi connectivity index (χ0v) is 13.5.